The zero-order chi connectivity index (χ0) is 22.6. The second-order valence-electron chi connectivity index (χ2n) is 7.82. The summed E-state index contributed by atoms with van der Waals surface area (Å²) in [5, 5.41) is 15.1. The minimum atomic E-state index is -0.690. The molecule has 0 aromatic heterocycles. The Bertz CT molecular complexity index is 780. The molecule has 2 amide bonds. The van der Waals surface area contributed by atoms with Crippen LogP contribution in [0.1, 0.15) is 44.1 Å². The van der Waals surface area contributed by atoms with Crippen molar-refractivity contribution in [2.45, 2.75) is 44.6 Å². The summed E-state index contributed by atoms with van der Waals surface area (Å²) in [5.74, 6) is -0.630. The van der Waals surface area contributed by atoms with Gasteiger partial charge in [-0.2, -0.15) is 0 Å². The van der Waals surface area contributed by atoms with Crippen molar-refractivity contribution in [2.24, 2.45) is 17.6 Å². The standard InChI is InChI=1S/C23H33N3O5/c1-31-23(30)19-8-3-6-17(19)12-14-25-22(29)20(9-4-13-24)26-21(28)11-10-16-5-2-7-18(27)15-16/h2,5,7,10-11,15,17,19-20,27H,3-4,6,8-9,12-14,24H2,1H3,(H,25,29)(H,26,28)/b11-10+/t17-,19-,20+/m1/s1. The molecular weight excluding hydrogens is 398 g/mol. The average Bonchev–Trinajstić information content (AvgIpc) is 3.23. The number of rotatable bonds is 11. The van der Waals surface area contributed by atoms with Gasteiger partial charge in [0.15, 0.2) is 0 Å². The maximum Gasteiger partial charge on any atom is 0.308 e. The van der Waals surface area contributed by atoms with Crippen LogP contribution in [0.4, 0.5) is 0 Å². The van der Waals surface area contributed by atoms with Gasteiger partial charge in [0.05, 0.1) is 13.0 Å². The summed E-state index contributed by atoms with van der Waals surface area (Å²) < 4.78 is 4.87. The van der Waals surface area contributed by atoms with E-state index in [1.807, 2.05) is 0 Å². The second kappa shape index (κ2) is 12.7. The number of amides is 2. The summed E-state index contributed by atoms with van der Waals surface area (Å²) in [7, 11) is 1.40. The lowest BCUT2D eigenvalue weighted by molar-refractivity contribution is -0.146. The van der Waals surface area contributed by atoms with Crippen LogP contribution in [0.2, 0.25) is 0 Å². The molecule has 0 spiro atoms. The second-order valence-corrected chi connectivity index (χ2v) is 7.82. The maximum atomic E-state index is 12.6. The summed E-state index contributed by atoms with van der Waals surface area (Å²) in [4.78, 5) is 36.8. The molecule has 0 unspecified atom stereocenters. The van der Waals surface area contributed by atoms with Crippen molar-refractivity contribution in [3.8, 4) is 5.75 Å². The predicted molar refractivity (Wildman–Crippen MR) is 118 cm³/mol. The van der Waals surface area contributed by atoms with E-state index in [1.165, 1.54) is 19.3 Å². The van der Waals surface area contributed by atoms with Crippen molar-refractivity contribution in [1.29, 1.82) is 0 Å². The van der Waals surface area contributed by atoms with Crippen molar-refractivity contribution in [3.05, 3.63) is 35.9 Å². The molecule has 1 fully saturated rings. The maximum absolute atomic E-state index is 12.6. The molecule has 8 heteroatoms. The van der Waals surface area contributed by atoms with Crippen LogP contribution >= 0.6 is 0 Å². The van der Waals surface area contributed by atoms with E-state index in [9.17, 15) is 19.5 Å². The molecule has 3 atom stereocenters. The van der Waals surface area contributed by atoms with E-state index in [0.29, 0.717) is 37.9 Å². The molecule has 170 valence electrons. The van der Waals surface area contributed by atoms with E-state index >= 15 is 0 Å². The smallest absolute Gasteiger partial charge is 0.308 e. The van der Waals surface area contributed by atoms with Crippen LogP contribution in [0.25, 0.3) is 6.08 Å². The number of nitrogens with two attached hydrogens (primary N) is 1. The molecule has 1 aromatic carbocycles. The first-order chi connectivity index (χ1) is 14.9. The predicted octanol–water partition coefficient (Wildman–Crippen LogP) is 1.72. The Hall–Kier alpha value is -2.87. The number of benzene rings is 1. The molecule has 1 aromatic rings. The van der Waals surface area contributed by atoms with Gasteiger partial charge in [-0.1, -0.05) is 18.6 Å². The molecule has 1 saturated carbocycles. The van der Waals surface area contributed by atoms with Crippen molar-refractivity contribution in [1.82, 2.24) is 10.6 Å². The highest BCUT2D eigenvalue weighted by atomic mass is 16.5. The normalized spacial score (nSPS) is 19.2. The number of aromatic hydroxyl groups is 1. The summed E-state index contributed by atoms with van der Waals surface area (Å²) in [6.07, 6.45) is 7.38. The van der Waals surface area contributed by atoms with Gasteiger partial charge in [-0.05, 0) is 68.3 Å². The van der Waals surface area contributed by atoms with Crippen molar-refractivity contribution < 1.29 is 24.2 Å². The Morgan fingerprint density at radius 1 is 1.32 bits per heavy atom. The number of methoxy groups -OCH3 is 1. The Morgan fingerprint density at radius 3 is 2.84 bits per heavy atom. The fourth-order valence-electron chi connectivity index (χ4n) is 3.96. The molecule has 0 saturated heterocycles. The highest BCUT2D eigenvalue weighted by molar-refractivity contribution is 5.95. The van der Waals surface area contributed by atoms with Crippen molar-refractivity contribution in [2.75, 3.05) is 20.2 Å². The van der Waals surface area contributed by atoms with Gasteiger partial charge in [0.25, 0.3) is 0 Å². The van der Waals surface area contributed by atoms with Gasteiger partial charge in [0.2, 0.25) is 11.8 Å². The number of esters is 1. The molecule has 2 rings (SSSR count). The quantitative estimate of drug-likeness (QED) is 0.312. The Labute approximate surface area is 183 Å². The van der Waals surface area contributed by atoms with Gasteiger partial charge in [-0.15, -0.1) is 0 Å². The first-order valence-corrected chi connectivity index (χ1v) is 10.8. The van der Waals surface area contributed by atoms with Gasteiger partial charge >= 0.3 is 5.97 Å². The lowest BCUT2D eigenvalue weighted by Gasteiger charge is -2.20. The molecule has 0 bridgehead atoms. The fraction of sp³-hybridized carbons (Fsp3) is 0.522. The summed E-state index contributed by atoms with van der Waals surface area (Å²) in [6.45, 7) is 0.854. The molecular formula is C23H33N3O5. The van der Waals surface area contributed by atoms with Crippen molar-refractivity contribution >= 4 is 23.9 Å². The van der Waals surface area contributed by atoms with E-state index in [4.69, 9.17) is 10.5 Å². The van der Waals surface area contributed by atoms with Gasteiger partial charge < -0.3 is 26.2 Å². The van der Waals surface area contributed by atoms with Gasteiger partial charge in [0.1, 0.15) is 11.8 Å². The number of phenolic OH excluding ortho intramolecular Hbond substituents is 1. The lowest BCUT2D eigenvalue weighted by atomic mass is 9.93. The molecule has 1 aliphatic carbocycles. The highest BCUT2D eigenvalue weighted by Gasteiger charge is 2.33. The topological polar surface area (TPSA) is 131 Å². The number of ether oxygens (including phenoxy) is 1. The third-order valence-electron chi connectivity index (χ3n) is 5.60. The first-order valence-electron chi connectivity index (χ1n) is 10.8. The van der Waals surface area contributed by atoms with Gasteiger partial charge in [-0.25, -0.2) is 0 Å². The Balaban J connectivity index is 1.86. The van der Waals surface area contributed by atoms with Crippen LogP contribution in [0, 0.1) is 11.8 Å². The fourth-order valence-corrected chi connectivity index (χ4v) is 3.96. The molecule has 31 heavy (non-hydrogen) atoms. The van der Waals surface area contributed by atoms with E-state index in [2.05, 4.69) is 10.6 Å². The van der Waals surface area contributed by atoms with Crippen LogP contribution in [-0.2, 0) is 19.1 Å². The van der Waals surface area contributed by atoms with Crippen LogP contribution in [0.15, 0.2) is 30.3 Å². The average molecular weight is 432 g/mol. The molecule has 0 heterocycles. The number of hydrogen-bond donors (Lipinski definition) is 4. The van der Waals surface area contributed by atoms with E-state index in [-0.39, 0.29) is 29.5 Å². The van der Waals surface area contributed by atoms with E-state index in [0.717, 1.165) is 19.3 Å². The molecule has 0 radical (unpaired) electrons. The number of nitrogens with one attached hydrogen (secondary N) is 2. The van der Waals surface area contributed by atoms with Crippen molar-refractivity contribution in [3.63, 3.8) is 0 Å². The highest BCUT2D eigenvalue weighted by Crippen LogP contribution is 2.34. The molecule has 5 N–H and O–H groups in total. The van der Waals surface area contributed by atoms with Crippen LogP contribution in [-0.4, -0.2) is 49.1 Å². The summed E-state index contributed by atoms with van der Waals surface area (Å²) >= 11 is 0. The summed E-state index contributed by atoms with van der Waals surface area (Å²) in [5.41, 5.74) is 6.25. The Kier molecular flexibility index (Phi) is 10.0. The lowest BCUT2D eigenvalue weighted by Crippen LogP contribution is -2.47. The molecule has 0 aliphatic heterocycles. The van der Waals surface area contributed by atoms with E-state index < -0.39 is 11.9 Å². The zero-order valence-electron chi connectivity index (χ0n) is 18.0. The summed E-state index contributed by atoms with van der Waals surface area (Å²) in [6, 6.07) is 5.83. The first kappa shape index (κ1) is 24.4. The minimum Gasteiger partial charge on any atom is -0.508 e. The zero-order valence-corrected chi connectivity index (χ0v) is 18.0. The monoisotopic (exact) mass is 431 g/mol. The molecule has 1 aliphatic rings. The van der Waals surface area contributed by atoms with Crippen LogP contribution < -0.4 is 16.4 Å². The Morgan fingerprint density at radius 2 is 2.13 bits per heavy atom. The minimum absolute atomic E-state index is 0.0998. The largest absolute Gasteiger partial charge is 0.508 e. The molecule has 8 nitrogen and oxygen atoms in total. The third kappa shape index (κ3) is 8.05. The third-order valence-corrected chi connectivity index (χ3v) is 5.60. The van der Waals surface area contributed by atoms with Crippen LogP contribution in [0.5, 0.6) is 5.75 Å². The van der Waals surface area contributed by atoms with Crippen LogP contribution in [0.3, 0.4) is 0 Å². The SMILES string of the molecule is COC(=O)[C@@H]1CCC[C@@H]1CCNC(=O)[C@H](CCCN)NC(=O)/C=C/c1cccc(O)c1. The number of phenols is 1. The number of hydrogen-bond acceptors (Lipinski definition) is 6. The number of carbonyl (C=O) groups is 3. The van der Waals surface area contributed by atoms with Gasteiger partial charge in [0, 0.05) is 12.6 Å². The number of carbonyl (C=O) groups excluding carboxylic acids is 3. The van der Waals surface area contributed by atoms with E-state index in [1.54, 1.807) is 24.3 Å². The van der Waals surface area contributed by atoms with Gasteiger partial charge in [-0.3, -0.25) is 14.4 Å².